The van der Waals surface area contributed by atoms with E-state index in [1.165, 1.54) is 23.5 Å². The Balaban J connectivity index is 2.00. The van der Waals surface area contributed by atoms with Gasteiger partial charge in [-0.3, -0.25) is 0 Å². The third-order valence-electron chi connectivity index (χ3n) is 3.75. The monoisotopic (exact) mass is 328 g/mol. The molecule has 1 saturated heterocycles. The van der Waals surface area contributed by atoms with E-state index < -0.39 is 43.2 Å². The minimum absolute atomic E-state index is 0.144. The number of hydrogen-bond donors (Lipinski definition) is 5. The smallest absolute Gasteiger partial charge is 0.342 e. The molecule has 1 radical (unpaired) electrons. The summed E-state index contributed by atoms with van der Waals surface area (Å²) >= 11 is 0. The summed E-state index contributed by atoms with van der Waals surface area (Å²) in [5.74, 6) is -1.19. The first-order chi connectivity index (χ1) is 10.8. The quantitative estimate of drug-likeness (QED) is 0.233. The fraction of sp³-hybridized carbons (Fsp3) is 0.500. The second-order valence-electron chi connectivity index (χ2n) is 5.31. The molecule has 1 aliphatic heterocycles. The molecular formula is C14H20N2O7+. The van der Waals surface area contributed by atoms with E-state index >= 15 is 0 Å². The molecule has 0 saturated carbocycles. The van der Waals surface area contributed by atoms with Crippen molar-refractivity contribution in [2.45, 2.75) is 30.6 Å². The number of phenols is 1. The summed E-state index contributed by atoms with van der Waals surface area (Å²) in [5, 5.41) is 42.7. The lowest BCUT2D eigenvalue weighted by molar-refractivity contribution is -0.696. The summed E-state index contributed by atoms with van der Waals surface area (Å²) in [6, 6.07) is 3.05. The van der Waals surface area contributed by atoms with Crippen LogP contribution in [-0.4, -0.2) is 65.6 Å². The normalized spacial score (nSPS) is 30.9. The number of likely N-dealkylation sites (N-methyl/N-ethyl adjacent to an activating group) is 1. The van der Waals surface area contributed by atoms with Gasteiger partial charge in [-0.15, -0.1) is 0 Å². The molecule has 0 bridgehead atoms. The molecule has 0 aromatic heterocycles. The van der Waals surface area contributed by atoms with Crippen LogP contribution in [0.4, 0.5) is 5.69 Å². The molecule has 1 aromatic carbocycles. The average Bonchev–Trinajstić information content (AvgIpc) is 2.52. The Morgan fingerprint density at radius 1 is 1.39 bits per heavy atom. The van der Waals surface area contributed by atoms with Gasteiger partial charge in [-0.1, -0.05) is 0 Å². The van der Waals surface area contributed by atoms with E-state index in [1.807, 2.05) is 0 Å². The maximum Gasteiger partial charge on any atom is 0.342 e. The van der Waals surface area contributed by atoms with Crippen LogP contribution in [0.25, 0.3) is 0 Å². The van der Waals surface area contributed by atoms with Crippen LogP contribution in [0.1, 0.15) is 10.4 Å². The first-order valence-corrected chi connectivity index (χ1v) is 7.07. The van der Waals surface area contributed by atoms with Crippen LogP contribution >= 0.6 is 0 Å². The molecule has 5 atom stereocenters. The number of rotatable bonds is 4. The lowest BCUT2D eigenvalue weighted by Gasteiger charge is -2.37. The highest BCUT2D eigenvalue weighted by Crippen LogP contribution is 2.22. The van der Waals surface area contributed by atoms with Crippen LogP contribution in [0.5, 0.6) is 5.75 Å². The van der Waals surface area contributed by atoms with Crippen molar-refractivity contribution >= 4 is 11.7 Å². The Hall–Kier alpha value is -1.91. The largest absolute Gasteiger partial charge is 0.507 e. The predicted octanol–water partition coefficient (Wildman–Crippen LogP) is -2.43. The van der Waals surface area contributed by atoms with Gasteiger partial charge in [0.25, 0.3) is 0 Å². The molecule has 9 nitrogen and oxygen atoms in total. The number of esters is 1. The Labute approximate surface area is 132 Å². The summed E-state index contributed by atoms with van der Waals surface area (Å²) < 4.78 is 9.99. The summed E-state index contributed by atoms with van der Waals surface area (Å²) in [7, 11) is 1.58. The molecule has 127 valence electrons. The minimum Gasteiger partial charge on any atom is -0.507 e. The Kier molecular flexibility index (Phi) is 5.39. The third-order valence-corrected chi connectivity index (χ3v) is 3.75. The number of quaternary nitrogens is 1. The molecule has 9 heteroatoms. The molecule has 0 amide bonds. The molecule has 1 fully saturated rings. The zero-order valence-corrected chi connectivity index (χ0v) is 12.5. The van der Waals surface area contributed by atoms with Crippen molar-refractivity contribution in [3.63, 3.8) is 0 Å². The standard InChI is InChI=1S/C14H19N2O7/c1-16-10-12(19)11(18)9(23-14(10)21)5-22-13(20)7-4-6(15)2-3-8(7)17/h2-4,9-12,14,16-19H,5,15H2,1H3/p+1/t9?,10?,11-,12+,14+/m0/s1. The van der Waals surface area contributed by atoms with Crippen LogP contribution in [0.2, 0.25) is 0 Å². The van der Waals surface area contributed by atoms with E-state index in [0.717, 1.165) is 0 Å². The van der Waals surface area contributed by atoms with Gasteiger partial charge in [-0.2, -0.15) is 5.11 Å². The van der Waals surface area contributed by atoms with E-state index in [9.17, 15) is 25.2 Å². The number of ether oxygens (including phenoxy) is 2. The number of aliphatic hydroxyl groups excluding tert-OH is 2. The highest BCUT2D eigenvalue weighted by Gasteiger charge is 2.47. The minimum atomic E-state index is -1.57. The molecule has 0 spiro atoms. The number of aliphatic hydroxyl groups is 2. The molecule has 2 rings (SSSR count). The van der Waals surface area contributed by atoms with E-state index in [-0.39, 0.29) is 17.0 Å². The van der Waals surface area contributed by atoms with Crippen LogP contribution in [0, 0.1) is 0 Å². The molecule has 1 heterocycles. The lowest BCUT2D eigenvalue weighted by Crippen LogP contribution is -2.94. The first kappa shape index (κ1) is 17.4. The first-order valence-electron chi connectivity index (χ1n) is 7.07. The average molecular weight is 328 g/mol. The predicted molar refractivity (Wildman–Crippen MR) is 75.8 cm³/mol. The highest BCUT2D eigenvalue weighted by molar-refractivity contribution is 5.93. The molecular weight excluding hydrogens is 308 g/mol. The van der Waals surface area contributed by atoms with Gasteiger partial charge >= 0.3 is 5.97 Å². The summed E-state index contributed by atoms with van der Waals surface area (Å²) in [4.78, 5) is 11.9. The van der Waals surface area contributed by atoms with Crippen molar-refractivity contribution in [3.8, 4) is 5.75 Å². The van der Waals surface area contributed by atoms with E-state index in [4.69, 9.17) is 15.2 Å². The van der Waals surface area contributed by atoms with E-state index in [2.05, 4.69) is 0 Å². The molecule has 1 aromatic rings. The van der Waals surface area contributed by atoms with Gasteiger partial charge < -0.3 is 35.8 Å². The van der Waals surface area contributed by atoms with Gasteiger partial charge in [-0.05, 0) is 18.2 Å². The summed E-state index contributed by atoms with van der Waals surface area (Å²) in [6.07, 6.45) is -5.40. The molecule has 23 heavy (non-hydrogen) atoms. The highest BCUT2D eigenvalue weighted by atomic mass is 16.6. The van der Waals surface area contributed by atoms with Crippen molar-refractivity contribution in [1.29, 1.82) is 0 Å². The number of hydrogen-bond acceptors (Lipinski definition) is 7. The van der Waals surface area contributed by atoms with Crippen LogP contribution in [0.15, 0.2) is 18.2 Å². The molecule has 2 unspecified atom stereocenters. The topological polar surface area (TPSA) is 159 Å². The summed E-state index contributed by atoms with van der Waals surface area (Å²) in [6.45, 7) is -0.444. The van der Waals surface area contributed by atoms with Crippen LogP contribution in [0.3, 0.4) is 0 Å². The number of aromatic hydroxyl groups is 1. The number of anilines is 1. The summed E-state index contributed by atoms with van der Waals surface area (Å²) in [5.41, 5.74) is 5.65. The van der Waals surface area contributed by atoms with Crippen molar-refractivity contribution in [2.75, 3.05) is 19.4 Å². The van der Waals surface area contributed by atoms with Crippen molar-refractivity contribution < 1.29 is 40.0 Å². The van der Waals surface area contributed by atoms with E-state index in [1.54, 1.807) is 7.05 Å². The fourth-order valence-corrected chi connectivity index (χ4v) is 2.40. The Morgan fingerprint density at radius 3 is 2.74 bits per heavy atom. The van der Waals surface area contributed by atoms with Gasteiger partial charge in [0, 0.05) is 5.69 Å². The van der Waals surface area contributed by atoms with Crippen LogP contribution in [-0.2, 0) is 14.6 Å². The third kappa shape index (κ3) is 3.71. The van der Waals surface area contributed by atoms with E-state index in [0.29, 0.717) is 0 Å². The van der Waals surface area contributed by atoms with Crippen molar-refractivity contribution in [2.24, 2.45) is 0 Å². The number of nitrogen functional groups attached to an aromatic ring is 1. The number of benzene rings is 1. The van der Waals surface area contributed by atoms with Gasteiger partial charge in [0.2, 0.25) is 6.29 Å². The van der Waals surface area contributed by atoms with Crippen LogP contribution < -0.4 is 11.1 Å². The number of nitrogens with two attached hydrogens (primary N) is 2. The lowest BCUT2D eigenvalue weighted by atomic mass is 9.97. The second-order valence-corrected chi connectivity index (χ2v) is 5.31. The number of phenolic OH excluding ortho intramolecular Hbond substituents is 1. The molecule has 0 aliphatic carbocycles. The molecule has 7 N–H and O–H groups in total. The van der Waals surface area contributed by atoms with Gasteiger partial charge in [-0.25, -0.2) is 4.79 Å². The maximum absolute atomic E-state index is 11.9. The molecule has 1 aliphatic rings. The fourth-order valence-electron chi connectivity index (χ4n) is 2.40. The second kappa shape index (κ2) is 7.11. The SMILES string of the molecule is C[NH2+]C1[C@H]([O])OC(COC(=O)c2cc(N)ccc2O)[C@H](O)[C@@H]1O. The zero-order valence-electron chi connectivity index (χ0n) is 12.5. The van der Waals surface area contributed by atoms with Gasteiger partial charge in [0.1, 0.15) is 36.2 Å². The zero-order chi connectivity index (χ0) is 17.1. The Bertz CT molecular complexity index is 568. The van der Waals surface area contributed by atoms with Gasteiger partial charge in [0.05, 0.1) is 7.05 Å². The van der Waals surface area contributed by atoms with Gasteiger partial charge in [0.15, 0.2) is 6.04 Å². The van der Waals surface area contributed by atoms with Crippen molar-refractivity contribution in [1.82, 2.24) is 0 Å². The van der Waals surface area contributed by atoms with Crippen molar-refractivity contribution in [3.05, 3.63) is 23.8 Å². The maximum atomic E-state index is 11.9. The number of carbonyl (C=O) groups is 1. The Morgan fingerprint density at radius 2 is 2.09 bits per heavy atom. The number of carbonyl (C=O) groups excluding carboxylic acids is 1.